The number of sulfonamides is 1. The van der Waals surface area contributed by atoms with Crippen molar-refractivity contribution in [3.05, 3.63) is 28.2 Å². The van der Waals surface area contributed by atoms with Crippen molar-refractivity contribution in [2.75, 3.05) is 13.1 Å². The van der Waals surface area contributed by atoms with Gasteiger partial charge in [0.1, 0.15) is 5.78 Å². The summed E-state index contributed by atoms with van der Waals surface area (Å²) in [6, 6.07) is 1.42. The quantitative estimate of drug-likeness (QED) is 0.765. The molecule has 4 nitrogen and oxygen atoms in total. The molecule has 0 unspecified atom stereocenters. The summed E-state index contributed by atoms with van der Waals surface area (Å²) >= 11 is 2.92. The van der Waals surface area contributed by atoms with Gasteiger partial charge < -0.3 is 0 Å². The van der Waals surface area contributed by atoms with E-state index < -0.39 is 21.7 Å². The fourth-order valence-electron chi connectivity index (χ4n) is 1.82. The molecule has 1 aliphatic heterocycles. The van der Waals surface area contributed by atoms with Gasteiger partial charge in [-0.15, -0.1) is 0 Å². The number of carbonyl (C=O) groups excluding carboxylic acids is 1. The smallest absolute Gasteiger partial charge is 0.244 e. The normalized spacial score (nSPS) is 17.7. The Kier molecular flexibility index (Phi) is 4.03. The van der Waals surface area contributed by atoms with E-state index >= 15 is 0 Å². The van der Waals surface area contributed by atoms with Crippen LogP contribution in [0.1, 0.15) is 12.8 Å². The summed E-state index contributed by atoms with van der Waals surface area (Å²) in [5.74, 6) is -2.36. The van der Waals surface area contributed by atoms with E-state index in [1.807, 2.05) is 0 Å². The van der Waals surface area contributed by atoms with Crippen molar-refractivity contribution in [2.24, 2.45) is 0 Å². The molecule has 104 valence electrons. The van der Waals surface area contributed by atoms with E-state index in [9.17, 15) is 22.0 Å². The maximum Gasteiger partial charge on any atom is 0.244 e. The molecule has 0 atom stereocenters. The van der Waals surface area contributed by atoms with Gasteiger partial charge in [0, 0.05) is 30.4 Å². The molecule has 0 aliphatic carbocycles. The van der Waals surface area contributed by atoms with E-state index in [0.717, 1.165) is 10.4 Å². The van der Waals surface area contributed by atoms with Crippen LogP contribution in [0.5, 0.6) is 0 Å². The number of nitrogens with zero attached hydrogens (tertiary/aromatic N) is 1. The van der Waals surface area contributed by atoms with Gasteiger partial charge in [-0.2, -0.15) is 4.31 Å². The number of ketones is 1. The van der Waals surface area contributed by atoms with Gasteiger partial charge in [0.05, 0.1) is 4.90 Å². The Hall–Kier alpha value is -0.860. The Bertz CT molecular complexity index is 623. The molecule has 1 fully saturated rings. The first kappa shape index (κ1) is 14.5. The molecule has 0 saturated carbocycles. The van der Waals surface area contributed by atoms with Crippen LogP contribution >= 0.6 is 15.9 Å². The number of hydrogen-bond donors (Lipinski definition) is 0. The average Bonchev–Trinajstić information content (AvgIpc) is 2.34. The highest BCUT2D eigenvalue weighted by atomic mass is 79.9. The van der Waals surface area contributed by atoms with E-state index in [1.165, 1.54) is 0 Å². The molecule has 0 amide bonds. The first-order chi connectivity index (χ1) is 8.82. The van der Waals surface area contributed by atoms with Gasteiger partial charge in [0.15, 0.2) is 11.6 Å². The van der Waals surface area contributed by atoms with Crippen LogP contribution in [0.2, 0.25) is 0 Å². The Morgan fingerprint density at radius 1 is 1.11 bits per heavy atom. The molecule has 2 rings (SSSR count). The molecule has 8 heteroatoms. The van der Waals surface area contributed by atoms with Crippen molar-refractivity contribution >= 4 is 31.7 Å². The molecule has 1 saturated heterocycles. The van der Waals surface area contributed by atoms with Gasteiger partial charge in [-0.25, -0.2) is 17.2 Å². The van der Waals surface area contributed by atoms with Crippen LogP contribution in [-0.2, 0) is 14.8 Å². The van der Waals surface area contributed by atoms with Gasteiger partial charge in [-0.3, -0.25) is 4.79 Å². The Labute approximate surface area is 117 Å². The van der Waals surface area contributed by atoms with Crippen LogP contribution in [0.25, 0.3) is 0 Å². The topological polar surface area (TPSA) is 54.5 Å². The lowest BCUT2D eigenvalue weighted by Crippen LogP contribution is -2.38. The van der Waals surface area contributed by atoms with Gasteiger partial charge in [-0.1, -0.05) is 0 Å². The van der Waals surface area contributed by atoms with Crippen LogP contribution < -0.4 is 0 Å². The van der Waals surface area contributed by atoms with E-state index in [4.69, 9.17) is 0 Å². The molecular weight excluding hydrogens is 344 g/mol. The zero-order valence-corrected chi connectivity index (χ0v) is 12.1. The Morgan fingerprint density at radius 2 is 1.63 bits per heavy atom. The number of halogens is 3. The van der Waals surface area contributed by atoms with Crippen LogP contribution in [0.15, 0.2) is 21.5 Å². The highest BCUT2D eigenvalue weighted by Gasteiger charge is 2.30. The lowest BCUT2D eigenvalue weighted by molar-refractivity contribution is -0.120. The van der Waals surface area contributed by atoms with Gasteiger partial charge in [-0.05, 0) is 28.1 Å². The minimum Gasteiger partial charge on any atom is -0.300 e. The summed E-state index contributed by atoms with van der Waals surface area (Å²) < 4.78 is 51.8. The van der Waals surface area contributed by atoms with Gasteiger partial charge in [0.2, 0.25) is 10.0 Å². The van der Waals surface area contributed by atoms with Crippen LogP contribution in [0.4, 0.5) is 8.78 Å². The van der Waals surface area contributed by atoms with E-state index in [1.54, 1.807) is 0 Å². The SMILES string of the molecule is O=C1CCN(S(=O)(=O)c2cc(F)c(F)cc2Br)CC1. The first-order valence-corrected chi connectivity index (χ1v) is 7.72. The van der Waals surface area contributed by atoms with Crippen molar-refractivity contribution in [1.82, 2.24) is 4.31 Å². The van der Waals surface area contributed by atoms with Gasteiger partial charge >= 0.3 is 0 Å². The molecule has 1 heterocycles. The number of rotatable bonds is 2. The summed E-state index contributed by atoms with van der Waals surface area (Å²) in [5.41, 5.74) is 0. The van der Waals surface area contributed by atoms with Crippen molar-refractivity contribution in [2.45, 2.75) is 17.7 Å². The molecule has 1 aromatic rings. The summed E-state index contributed by atoms with van der Waals surface area (Å²) in [6.07, 6.45) is 0.279. The predicted molar refractivity (Wildman–Crippen MR) is 67.1 cm³/mol. The zero-order valence-electron chi connectivity index (χ0n) is 9.70. The third-order valence-corrected chi connectivity index (χ3v) is 5.73. The fraction of sp³-hybridized carbons (Fsp3) is 0.364. The second-order valence-corrected chi connectivity index (χ2v) is 6.90. The summed E-state index contributed by atoms with van der Waals surface area (Å²) in [6.45, 7) is 0.124. The maximum atomic E-state index is 13.2. The minimum absolute atomic E-state index is 0.00389. The maximum absolute atomic E-state index is 13.2. The van der Waals surface area contributed by atoms with E-state index in [0.29, 0.717) is 6.07 Å². The molecule has 0 aromatic heterocycles. The largest absolute Gasteiger partial charge is 0.300 e. The number of Topliss-reactive ketones (excluding diaryl/α,β-unsaturated/α-hetero) is 1. The lowest BCUT2D eigenvalue weighted by atomic mass is 10.1. The van der Waals surface area contributed by atoms with Crippen molar-refractivity contribution in [1.29, 1.82) is 0 Å². The second-order valence-electron chi connectivity index (χ2n) is 4.14. The minimum atomic E-state index is -3.93. The predicted octanol–water partition coefficient (Wildman–Crippen LogP) is 2.08. The Morgan fingerprint density at radius 3 is 2.21 bits per heavy atom. The van der Waals surface area contributed by atoms with Crippen LogP contribution in [-0.4, -0.2) is 31.6 Å². The van der Waals surface area contributed by atoms with E-state index in [2.05, 4.69) is 15.9 Å². The Balaban J connectivity index is 2.40. The summed E-state index contributed by atoms with van der Waals surface area (Å²) in [5, 5.41) is 0. The highest BCUT2D eigenvalue weighted by Crippen LogP contribution is 2.28. The molecule has 0 N–H and O–H groups in total. The molecule has 0 spiro atoms. The molecular formula is C11H10BrF2NO3S. The highest BCUT2D eigenvalue weighted by molar-refractivity contribution is 9.10. The lowest BCUT2D eigenvalue weighted by Gasteiger charge is -2.25. The molecule has 0 radical (unpaired) electrons. The monoisotopic (exact) mass is 353 g/mol. The van der Waals surface area contributed by atoms with Crippen molar-refractivity contribution < 1.29 is 22.0 Å². The van der Waals surface area contributed by atoms with Gasteiger partial charge in [0.25, 0.3) is 0 Å². The number of piperidine rings is 1. The molecule has 1 aliphatic rings. The first-order valence-electron chi connectivity index (χ1n) is 5.49. The molecule has 1 aromatic carbocycles. The standard InChI is InChI=1S/C11H10BrF2NO3S/c12-8-5-9(13)10(14)6-11(8)19(17,18)15-3-1-7(16)2-4-15/h5-6H,1-4H2. The van der Waals surface area contributed by atoms with Crippen LogP contribution in [0.3, 0.4) is 0 Å². The number of benzene rings is 1. The zero-order chi connectivity index (χ0) is 14.2. The van der Waals surface area contributed by atoms with Crippen molar-refractivity contribution in [3.63, 3.8) is 0 Å². The fourth-order valence-corrected chi connectivity index (χ4v) is 4.25. The summed E-state index contributed by atoms with van der Waals surface area (Å²) in [4.78, 5) is 10.8. The third-order valence-electron chi connectivity index (χ3n) is 2.87. The number of hydrogen-bond acceptors (Lipinski definition) is 3. The number of carbonyl (C=O) groups is 1. The van der Waals surface area contributed by atoms with Crippen molar-refractivity contribution in [3.8, 4) is 0 Å². The summed E-state index contributed by atoms with van der Waals surface area (Å²) in [7, 11) is -3.93. The molecule has 19 heavy (non-hydrogen) atoms. The third kappa shape index (κ3) is 2.85. The second kappa shape index (κ2) is 5.26. The van der Waals surface area contributed by atoms with Crippen LogP contribution in [0, 0.1) is 11.6 Å². The van der Waals surface area contributed by atoms with E-state index in [-0.39, 0.29) is 41.1 Å². The molecule has 0 bridgehead atoms. The average molecular weight is 354 g/mol.